The third-order valence-electron chi connectivity index (χ3n) is 2.94. The predicted molar refractivity (Wildman–Crippen MR) is 63.9 cm³/mol. The van der Waals surface area contributed by atoms with Crippen LogP contribution in [0.4, 0.5) is 0 Å². The molecule has 86 valence electrons. The van der Waals surface area contributed by atoms with Crippen molar-refractivity contribution in [1.82, 2.24) is 10.6 Å². The second-order valence-corrected chi connectivity index (χ2v) is 4.21. The minimum absolute atomic E-state index is 0.0115. The van der Waals surface area contributed by atoms with Crippen molar-refractivity contribution in [3.8, 4) is 0 Å². The molecule has 1 aromatic rings. The monoisotopic (exact) mass is 218 g/mol. The molecule has 0 aliphatic carbocycles. The highest BCUT2D eigenvalue weighted by Crippen LogP contribution is 2.07. The fourth-order valence-corrected chi connectivity index (χ4v) is 1.98. The first-order valence-corrected chi connectivity index (χ1v) is 5.91. The van der Waals surface area contributed by atoms with E-state index in [1.54, 1.807) is 0 Å². The van der Waals surface area contributed by atoms with Gasteiger partial charge in [-0.15, -0.1) is 0 Å². The summed E-state index contributed by atoms with van der Waals surface area (Å²) in [6.07, 6.45) is 3.29. The fourth-order valence-electron chi connectivity index (χ4n) is 1.98. The summed E-state index contributed by atoms with van der Waals surface area (Å²) in [5.74, 6) is 0.128. The van der Waals surface area contributed by atoms with Gasteiger partial charge in [-0.2, -0.15) is 0 Å². The van der Waals surface area contributed by atoms with Crippen LogP contribution in [0.5, 0.6) is 0 Å². The topological polar surface area (TPSA) is 41.1 Å². The maximum Gasteiger partial charge on any atom is 0.237 e. The van der Waals surface area contributed by atoms with E-state index in [2.05, 4.69) is 10.6 Å². The summed E-state index contributed by atoms with van der Waals surface area (Å²) in [7, 11) is 0. The lowest BCUT2D eigenvalue weighted by molar-refractivity contribution is -0.123. The van der Waals surface area contributed by atoms with Crippen molar-refractivity contribution in [2.75, 3.05) is 6.54 Å². The third kappa shape index (κ3) is 3.07. The molecule has 1 heterocycles. The lowest BCUT2D eigenvalue weighted by Gasteiger charge is -2.22. The van der Waals surface area contributed by atoms with Crippen molar-refractivity contribution in [3.63, 3.8) is 0 Å². The largest absolute Gasteiger partial charge is 0.351 e. The van der Waals surface area contributed by atoms with Gasteiger partial charge >= 0.3 is 0 Å². The van der Waals surface area contributed by atoms with Gasteiger partial charge in [-0.3, -0.25) is 4.79 Å². The zero-order valence-electron chi connectivity index (χ0n) is 9.41. The molecule has 0 spiro atoms. The Labute approximate surface area is 96.2 Å². The van der Waals surface area contributed by atoms with Gasteiger partial charge in [0.1, 0.15) is 0 Å². The summed E-state index contributed by atoms with van der Waals surface area (Å²) in [4.78, 5) is 11.8. The molecule has 0 radical (unpaired) electrons. The zero-order valence-corrected chi connectivity index (χ0v) is 9.41. The number of hydrogen-bond acceptors (Lipinski definition) is 2. The van der Waals surface area contributed by atoms with Crippen molar-refractivity contribution in [2.24, 2.45) is 0 Å². The Morgan fingerprint density at radius 1 is 1.31 bits per heavy atom. The molecule has 0 aromatic heterocycles. The van der Waals surface area contributed by atoms with Crippen LogP contribution in [0.2, 0.25) is 0 Å². The van der Waals surface area contributed by atoms with E-state index in [-0.39, 0.29) is 11.9 Å². The minimum atomic E-state index is 0.0115. The molecule has 2 rings (SSSR count). The highest BCUT2D eigenvalue weighted by molar-refractivity contribution is 5.81. The fraction of sp³-hybridized carbons (Fsp3) is 0.462. The molecule has 1 unspecified atom stereocenters. The summed E-state index contributed by atoms with van der Waals surface area (Å²) >= 11 is 0. The van der Waals surface area contributed by atoms with Gasteiger partial charge in [-0.25, -0.2) is 0 Å². The van der Waals surface area contributed by atoms with Gasteiger partial charge < -0.3 is 10.6 Å². The molecule has 3 nitrogen and oxygen atoms in total. The maximum absolute atomic E-state index is 11.8. The summed E-state index contributed by atoms with van der Waals surface area (Å²) in [5, 5.41) is 6.21. The summed E-state index contributed by atoms with van der Waals surface area (Å²) in [6.45, 7) is 1.58. The van der Waals surface area contributed by atoms with Gasteiger partial charge in [0.15, 0.2) is 0 Å². The van der Waals surface area contributed by atoms with E-state index in [0.717, 1.165) is 24.9 Å². The van der Waals surface area contributed by atoms with Crippen molar-refractivity contribution in [3.05, 3.63) is 35.9 Å². The van der Waals surface area contributed by atoms with Crippen molar-refractivity contribution < 1.29 is 4.79 Å². The third-order valence-corrected chi connectivity index (χ3v) is 2.94. The van der Waals surface area contributed by atoms with E-state index in [4.69, 9.17) is 0 Å². The van der Waals surface area contributed by atoms with Crippen LogP contribution in [0, 0.1) is 0 Å². The summed E-state index contributed by atoms with van der Waals surface area (Å²) in [6, 6.07) is 10.0. The second kappa shape index (κ2) is 5.66. The number of benzene rings is 1. The molecule has 16 heavy (non-hydrogen) atoms. The lowest BCUT2D eigenvalue weighted by atomic mass is 10.0. The van der Waals surface area contributed by atoms with E-state index < -0.39 is 0 Å². The average Bonchev–Trinajstić information content (AvgIpc) is 2.38. The van der Waals surface area contributed by atoms with Crippen molar-refractivity contribution in [1.29, 1.82) is 0 Å². The van der Waals surface area contributed by atoms with Crippen molar-refractivity contribution in [2.45, 2.75) is 31.8 Å². The van der Waals surface area contributed by atoms with Gasteiger partial charge in [0.05, 0.1) is 6.04 Å². The number of carbonyl (C=O) groups is 1. The minimum Gasteiger partial charge on any atom is -0.351 e. The predicted octanol–water partition coefficient (Wildman–Crippen LogP) is 1.44. The van der Waals surface area contributed by atoms with Crippen LogP contribution in [0.25, 0.3) is 0 Å². The molecule has 1 amide bonds. The number of hydrogen-bond donors (Lipinski definition) is 2. The van der Waals surface area contributed by atoms with Crippen LogP contribution in [-0.4, -0.2) is 18.5 Å². The number of carbonyl (C=O) groups excluding carboxylic acids is 1. The molecule has 1 aliphatic rings. The first kappa shape index (κ1) is 11.1. The molecular formula is C13H18N2O. The SMILES string of the molecule is O=C(NCc1ccccc1)C1CCCCN1. The number of piperidine rings is 1. The van der Waals surface area contributed by atoms with E-state index in [0.29, 0.717) is 6.54 Å². The highest BCUT2D eigenvalue weighted by atomic mass is 16.2. The molecule has 3 heteroatoms. The molecule has 1 fully saturated rings. The van der Waals surface area contributed by atoms with Crippen LogP contribution >= 0.6 is 0 Å². The van der Waals surface area contributed by atoms with Gasteiger partial charge in [-0.05, 0) is 24.9 Å². The molecule has 1 saturated heterocycles. The number of amides is 1. The molecule has 1 aromatic carbocycles. The Bertz CT molecular complexity index is 331. The number of rotatable bonds is 3. The number of nitrogens with one attached hydrogen (secondary N) is 2. The van der Waals surface area contributed by atoms with Gasteiger partial charge in [-0.1, -0.05) is 36.8 Å². The first-order valence-electron chi connectivity index (χ1n) is 5.91. The summed E-state index contributed by atoms with van der Waals surface area (Å²) < 4.78 is 0. The highest BCUT2D eigenvalue weighted by Gasteiger charge is 2.19. The van der Waals surface area contributed by atoms with Crippen LogP contribution in [0.15, 0.2) is 30.3 Å². The Morgan fingerprint density at radius 3 is 2.81 bits per heavy atom. The molecule has 0 saturated carbocycles. The molecule has 2 N–H and O–H groups in total. The summed E-state index contributed by atoms with van der Waals surface area (Å²) in [5.41, 5.74) is 1.15. The smallest absolute Gasteiger partial charge is 0.237 e. The van der Waals surface area contributed by atoms with E-state index >= 15 is 0 Å². The zero-order chi connectivity index (χ0) is 11.2. The Hall–Kier alpha value is -1.35. The first-order chi connectivity index (χ1) is 7.86. The van der Waals surface area contributed by atoms with Gasteiger partial charge in [0.25, 0.3) is 0 Å². The van der Waals surface area contributed by atoms with Crippen LogP contribution < -0.4 is 10.6 Å². The second-order valence-electron chi connectivity index (χ2n) is 4.21. The Morgan fingerprint density at radius 2 is 2.12 bits per heavy atom. The average molecular weight is 218 g/mol. The van der Waals surface area contributed by atoms with Gasteiger partial charge in [0.2, 0.25) is 5.91 Å². The quantitative estimate of drug-likeness (QED) is 0.806. The van der Waals surface area contributed by atoms with Crippen molar-refractivity contribution >= 4 is 5.91 Å². The van der Waals surface area contributed by atoms with Crippen LogP contribution in [-0.2, 0) is 11.3 Å². The Balaban J connectivity index is 1.79. The lowest BCUT2D eigenvalue weighted by Crippen LogP contribution is -2.46. The standard InChI is InChI=1S/C13H18N2O/c16-13(12-8-4-5-9-14-12)15-10-11-6-2-1-3-7-11/h1-3,6-7,12,14H,4-5,8-10H2,(H,15,16). The molecule has 1 aliphatic heterocycles. The molecule has 1 atom stereocenters. The molecular weight excluding hydrogens is 200 g/mol. The van der Waals surface area contributed by atoms with E-state index in [1.165, 1.54) is 6.42 Å². The Kier molecular flexibility index (Phi) is 3.94. The van der Waals surface area contributed by atoms with Crippen LogP contribution in [0.3, 0.4) is 0 Å². The van der Waals surface area contributed by atoms with Crippen LogP contribution in [0.1, 0.15) is 24.8 Å². The maximum atomic E-state index is 11.8. The molecule has 0 bridgehead atoms. The van der Waals surface area contributed by atoms with Gasteiger partial charge in [0, 0.05) is 6.54 Å². The van der Waals surface area contributed by atoms with E-state index in [1.807, 2.05) is 30.3 Å². The van der Waals surface area contributed by atoms with E-state index in [9.17, 15) is 4.79 Å². The normalized spacial score (nSPS) is 20.4.